The Morgan fingerprint density at radius 3 is 2.14 bits per heavy atom. The maximum atomic E-state index is 12.5. The number of amides is 1. The fourth-order valence-corrected chi connectivity index (χ4v) is 8.68. The molecule has 0 aromatic heterocycles. The molecule has 10 nitrogen and oxygen atoms in total. The van der Waals surface area contributed by atoms with Crippen LogP contribution in [0.5, 0.6) is 0 Å². The summed E-state index contributed by atoms with van der Waals surface area (Å²) in [6.45, 7) is 8.53. The van der Waals surface area contributed by atoms with Gasteiger partial charge in [0.15, 0.2) is 0 Å². The number of Topliss-reactive ketones (excluding diaryl/α,β-unsaturated/α-hetero) is 1. The fraction of sp³-hybridized carbons (Fsp3) is 0.906. The van der Waals surface area contributed by atoms with Gasteiger partial charge in [-0.15, -0.1) is 0 Å². The molecular formula is C32H53NO9. The van der Waals surface area contributed by atoms with Gasteiger partial charge in [-0.1, -0.05) is 13.8 Å². The van der Waals surface area contributed by atoms with Crippen molar-refractivity contribution in [2.45, 2.75) is 84.2 Å². The third-order valence-corrected chi connectivity index (χ3v) is 11.0. The van der Waals surface area contributed by atoms with Crippen molar-refractivity contribution in [1.82, 2.24) is 5.32 Å². The van der Waals surface area contributed by atoms with Crippen LogP contribution in [0.4, 0.5) is 0 Å². The van der Waals surface area contributed by atoms with Gasteiger partial charge in [-0.25, -0.2) is 0 Å². The summed E-state index contributed by atoms with van der Waals surface area (Å²) in [7, 11) is 0. The Bertz CT molecular complexity index is 899. The lowest BCUT2D eigenvalue weighted by atomic mass is 9.45. The van der Waals surface area contributed by atoms with Gasteiger partial charge in [-0.05, 0) is 79.4 Å². The Labute approximate surface area is 250 Å². The molecule has 1 unspecified atom stereocenters. The first-order valence-corrected chi connectivity index (χ1v) is 16.2. The van der Waals surface area contributed by atoms with E-state index in [2.05, 4.69) is 19.2 Å². The Balaban J connectivity index is 1.03. The summed E-state index contributed by atoms with van der Waals surface area (Å²) >= 11 is 0. The summed E-state index contributed by atoms with van der Waals surface area (Å²) in [4.78, 5) is 35.0. The van der Waals surface area contributed by atoms with E-state index in [-0.39, 0.29) is 37.1 Å². The lowest BCUT2D eigenvalue weighted by Gasteiger charge is -2.60. The van der Waals surface area contributed by atoms with E-state index in [9.17, 15) is 14.4 Å². The molecule has 0 spiro atoms. The molecule has 10 heteroatoms. The molecular weight excluding hydrogens is 542 g/mol. The van der Waals surface area contributed by atoms with E-state index in [4.69, 9.17) is 28.8 Å². The Hall–Kier alpha value is -1.59. The standard InChI is InChI=1S/C32H53NO9/c1-31-10-7-24(34)21-23(31)3-4-25-26-5-6-28(32(26,2)11-8-27(25)31)42-22-29(35)33-12-14-39-16-18-41-20-19-40-17-15-38-13-9-30(36)37/h23,25-28H,3-22H2,1-2H3,(H,33,35)(H,36,37)/t23?,25-,26-,27-,28-,31-,32-/m0/s1. The van der Waals surface area contributed by atoms with Crippen LogP contribution in [0.1, 0.15) is 78.1 Å². The number of ketones is 1. The lowest BCUT2D eigenvalue weighted by molar-refractivity contribution is -0.149. The molecule has 0 aromatic rings. The van der Waals surface area contributed by atoms with Gasteiger partial charge in [0.25, 0.3) is 0 Å². The van der Waals surface area contributed by atoms with Crippen LogP contribution < -0.4 is 5.32 Å². The van der Waals surface area contributed by atoms with Crippen LogP contribution in [-0.2, 0) is 38.1 Å². The quantitative estimate of drug-likeness (QED) is 0.228. The van der Waals surface area contributed by atoms with Gasteiger partial charge in [0.2, 0.25) is 5.91 Å². The van der Waals surface area contributed by atoms with E-state index in [1.807, 2.05) is 0 Å². The van der Waals surface area contributed by atoms with Crippen LogP contribution >= 0.6 is 0 Å². The van der Waals surface area contributed by atoms with E-state index >= 15 is 0 Å². The van der Waals surface area contributed by atoms with Crippen LogP contribution in [0.3, 0.4) is 0 Å². The third kappa shape index (κ3) is 8.52. The molecule has 0 radical (unpaired) electrons. The van der Waals surface area contributed by atoms with Gasteiger partial charge < -0.3 is 34.1 Å². The zero-order valence-corrected chi connectivity index (χ0v) is 25.7. The maximum absolute atomic E-state index is 12.5. The Morgan fingerprint density at radius 1 is 0.810 bits per heavy atom. The fourth-order valence-electron chi connectivity index (χ4n) is 8.68. The minimum Gasteiger partial charge on any atom is -0.481 e. The van der Waals surface area contributed by atoms with Crippen LogP contribution in [0.2, 0.25) is 0 Å². The van der Waals surface area contributed by atoms with Crippen molar-refractivity contribution < 1.29 is 43.2 Å². The van der Waals surface area contributed by atoms with Crippen molar-refractivity contribution in [2.24, 2.45) is 34.5 Å². The first kappa shape index (κ1) is 33.3. The summed E-state index contributed by atoms with van der Waals surface area (Å²) in [5.41, 5.74) is 0.459. The van der Waals surface area contributed by atoms with Gasteiger partial charge in [-0.2, -0.15) is 0 Å². The first-order valence-electron chi connectivity index (χ1n) is 16.2. The Morgan fingerprint density at radius 2 is 1.45 bits per heavy atom. The number of hydrogen-bond acceptors (Lipinski definition) is 8. The zero-order chi connectivity index (χ0) is 30.0. The van der Waals surface area contributed by atoms with Crippen molar-refractivity contribution in [1.29, 1.82) is 0 Å². The van der Waals surface area contributed by atoms with Gasteiger partial charge >= 0.3 is 5.97 Å². The van der Waals surface area contributed by atoms with E-state index < -0.39 is 5.97 Å². The maximum Gasteiger partial charge on any atom is 0.305 e. The number of fused-ring (bicyclic) bond motifs is 5. The number of nitrogens with one attached hydrogen (secondary N) is 1. The molecule has 0 bridgehead atoms. The predicted octanol–water partition coefficient (Wildman–Crippen LogP) is 3.64. The second kappa shape index (κ2) is 15.9. The predicted molar refractivity (Wildman–Crippen MR) is 155 cm³/mol. The molecule has 2 N–H and O–H groups in total. The van der Waals surface area contributed by atoms with Crippen LogP contribution in [-0.4, -0.2) is 94.9 Å². The van der Waals surface area contributed by atoms with Crippen LogP contribution in [0, 0.1) is 34.5 Å². The number of carboxylic acids is 1. The molecule has 4 rings (SSSR count). The molecule has 1 amide bonds. The number of rotatable bonds is 18. The normalized spacial score (nSPS) is 34.0. The third-order valence-electron chi connectivity index (χ3n) is 11.0. The van der Waals surface area contributed by atoms with E-state index in [1.165, 1.54) is 25.7 Å². The summed E-state index contributed by atoms with van der Waals surface area (Å²) in [6, 6.07) is 0. The molecule has 7 atom stereocenters. The minimum atomic E-state index is -0.875. The SMILES string of the molecule is C[C@]12CC[C@H]3[C@@H](CCC4CC(=O)CC[C@@]43C)[C@@H]1CC[C@@H]2OCC(=O)NCCOCCOCCOCCOCCC(=O)O. The number of ether oxygens (including phenoxy) is 5. The van der Waals surface area contributed by atoms with E-state index in [0.717, 1.165) is 43.9 Å². The average molecular weight is 596 g/mol. The van der Waals surface area contributed by atoms with Gasteiger partial charge in [0.05, 0.1) is 65.4 Å². The highest BCUT2D eigenvalue weighted by Gasteiger charge is 2.60. The average Bonchev–Trinajstić information content (AvgIpc) is 3.30. The number of aliphatic carboxylic acids is 1. The van der Waals surface area contributed by atoms with Crippen molar-refractivity contribution in [3.05, 3.63) is 0 Å². The topological polar surface area (TPSA) is 130 Å². The summed E-state index contributed by atoms with van der Waals surface area (Å²) in [6.07, 6.45) is 9.82. The van der Waals surface area contributed by atoms with Gasteiger partial charge in [0, 0.05) is 19.4 Å². The highest BCUT2D eigenvalue weighted by atomic mass is 16.6. The molecule has 0 aliphatic heterocycles. The highest BCUT2D eigenvalue weighted by Crippen LogP contribution is 2.66. The molecule has 4 fully saturated rings. The Kier molecular flexibility index (Phi) is 12.6. The van der Waals surface area contributed by atoms with E-state index in [0.29, 0.717) is 75.8 Å². The molecule has 42 heavy (non-hydrogen) atoms. The number of carbonyl (C=O) groups is 3. The summed E-state index contributed by atoms with van der Waals surface area (Å²) in [5.74, 6) is 2.19. The number of hydrogen-bond donors (Lipinski definition) is 2. The summed E-state index contributed by atoms with van der Waals surface area (Å²) < 4.78 is 27.7. The monoisotopic (exact) mass is 595 g/mol. The smallest absolute Gasteiger partial charge is 0.305 e. The lowest BCUT2D eigenvalue weighted by Crippen LogP contribution is -2.54. The van der Waals surface area contributed by atoms with Gasteiger partial charge in [-0.3, -0.25) is 14.4 Å². The van der Waals surface area contributed by atoms with Crippen LogP contribution in [0.15, 0.2) is 0 Å². The van der Waals surface area contributed by atoms with E-state index in [1.54, 1.807) is 0 Å². The van der Waals surface area contributed by atoms with Crippen LogP contribution in [0.25, 0.3) is 0 Å². The van der Waals surface area contributed by atoms with Gasteiger partial charge in [0.1, 0.15) is 12.4 Å². The molecule has 4 aliphatic rings. The minimum absolute atomic E-state index is 0.00579. The van der Waals surface area contributed by atoms with Crippen molar-refractivity contribution in [3.63, 3.8) is 0 Å². The molecule has 0 saturated heterocycles. The second-order valence-corrected chi connectivity index (χ2v) is 13.3. The highest BCUT2D eigenvalue weighted by molar-refractivity contribution is 5.79. The molecule has 240 valence electrons. The number of carbonyl (C=O) groups excluding carboxylic acids is 2. The second-order valence-electron chi connectivity index (χ2n) is 13.3. The largest absolute Gasteiger partial charge is 0.481 e. The van der Waals surface area contributed by atoms with Crippen molar-refractivity contribution in [3.8, 4) is 0 Å². The van der Waals surface area contributed by atoms with Crippen molar-refractivity contribution >= 4 is 17.7 Å². The summed E-state index contributed by atoms with van der Waals surface area (Å²) in [5, 5.41) is 11.4. The molecule has 4 saturated carbocycles. The zero-order valence-electron chi connectivity index (χ0n) is 25.7. The number of carboxylic acid groups (broad SMARTS) is 1. The molecule has 0 aromatic carbocycles. The molecule has 0 heterocycles. The molecule has 4 aliphatic carbocycles. The first-order chi connectivity index (χ1) is 20.2. The van der Waals surface area contributed by atoms with Crippen molar-refractivity contribution in [2.75, 3.05) is 66.0 Å².